The number of para-hydroxylation sites is 1. The zero-order valence-corrected chi connectivity index (χ0v) is 15.8. The Kier molecular flexibility index (Phi) is 7.61. The summed E-state index contributed by atoms with van der Waals surface area (Å²) in [5, 5.41) is 6.59. The van der Waals surface area contributed by atoms with Crippen molar-refractivity contribution in [2.45, 2.75) is 20.0 Å². The molecule has 6 nitrogen and oxygen atoms in total. The van der Waals surface area contributed by atoms with Gasteiger partial charge in [-0.05, 0) is 30.7 Å². The molecule has 0 aliphatic carbocycles. The third-order valence-corrected chi connectivity index (χ3v) is 3.85. The van der Waals surface area contributed by atoms with Gasteiger partial charge in [-0.25, -0.2) is 4.99 Å². The van der Waals surface area contributed by atoms with Crippen molar-refractivity contribution in [3.63, 3.8) is 0 Å². The molecule has 0 amide bonds. The molecule has 26 heavy (non-hydrogen) atoms. The van der Waals surface area contributed by atoms with Crippen molar-refractivity contribution >= 4 is 5.96 Å². The highest BCUT2D eigenvalue weighted by Crippen LogP contribution is 2.27. The Morgan fingerprint density at radius 3 is 2.31 bits per heavy atom. The average Bonchev–Trinajstić information content (AvgIpc) is 2.69. The van der Waals surface area contributed by atoms with Gasteiger partial charge in [-0.2, -0.15) is 0 Å². The topological polar surface area (TPSA) is 64.1 Å². The van der Waals surface area contributed by atoms with Crippen LogP contribution in [-0.2, 0) is 13.1 Å². The highest BCUT2D eigenvalue weighted by atomic mass is 16.5. The average molecular weight is 357 g/mol. The maximum absolute atomic E-state index is 5.39. The van der Waals surface area contributed by atoms with Crippen LogP contribution in [-0.4, -0.2) is 33.8 Å². The van der Waals surface area contributed by atoms with Crippen LogP contribution in [0.1, 0.15) is 18.1 Å². The predicted molar refractivity (Wildman–Crippen MR) is 104 cm³/mol. The van der Waals surface area contributed by atoms with Crippen molar-refractivity contribution in [2.75, 3.05) is 27.9 Å². The Bertz CT molecular complexity index is 732. The summed E-state index contributed by atoms with van der Waals surface area (Å²) < 4.78 is 16.0. The standard InChI is InChI=1S/C20H27N3O3/c1-5-21-20(23-14-16-8-6-7-9-17(16)24-2)22-13-15-10-11-18(25-3)19(12-15)26-4/h6-12H,5,13-14H2,1-4H3,(H2,21,22,23). The fourth-order valence-electron chi connectivity index (χ4n) is 2.52. The molecular formula is C20H27N3O3. The van der Waals surface area contributed by atoms with Gasteiger partial charge in [0.1, 0.15) is 5.75 Å². The van der Waals surface area contributed by atoms with E-state index in [-0.39, 0.29) is 0 Å². The summed E-state index contributed by atoms with van der Waals surface area (Å²) in [4.78, 5) is 4.64. The van der Waals surface area contributed by atoms with Crippen LogP contribution in [0.15, 0.2) is 47.5 Å². The lowest BCUT2D eigenvalue weighted by Gasteiger charge is -2.14. The molecule has 0 aliphatic heterocycles. The molecule has 0 aliphatic rings. The van der Waals surface area contributed by atoms with Crippen LogP contribution >= 0.6 is 0 Å². The lowest BCUT2D eigenvalue weighted by Crippen LogP contribution is -2.36. The molecule has 0 unspecified atom stereocenters. The number of ether oxygens (including phenoxy) is 3. The molecule has 2 aromatic rings. The summed E-state index contributed by atoms with van der Waals surface area (Å²) >= 11 is 0. The van der Waals surface area contributed by atoms with E-state index < -0.39 is 0 Å². The predicted octanol–water partition coefficient (Wildman–Crippen LogP) is 2.97. The second-order valence-electron chi connectivity index (χ2n) is 5.55. The molecule has 6 heteroatoms. The Hall–Kier alpha value is -2.89. The van der Waals surface area contributed by atoms with Gasteiger partial charge in [0.2, 0.25) is 0 Å². The van der Waals surface area contributed by atoms with Crippen molar-refractivity contribution in [1.82, 2.24) is 10.6 Å². The number of methoxy groups -OCH3 is 3. The van der Waals surface area contributed by atoms with Gasteiger partial charge >= 0.3 is 0 Å². The first-order chi connectivity index (χ1) is 12.7. The molecule has 0 saturated heterocycles. The normalized spacial score (nSPS) is 11.0. The van der Waals surface area contributed by atoms with Crippen molar-refractivity contribution in [3.05, 3.63) is 53.6 Å². The molecule has 0 bridgehead atoms. The lowest BCUT2D eigenvalue weighted by molar-refractivity contribution is 0.354. The highest BCUT2D eigenvalue weighted by Gasteiger charge is 2.06. The van der Waals surface area contributed by atoms with Gasteiger partial charge in [-0.3, -0.25) is 0 Å². The molecule has 0 spiro atoms. The van der Waals surface area contributed by atoms with Gasteiger partial charge < -0.3 is 24.8 Å². The largest absolute Gasteiger partial charge is 0.496 e. The molecule has 2 N–H and O–H groups in total. The van der Waals surface area contributed by atoms with Crippen LogP contribution in [0, 0.1) is 0 Å². The number of nitrogens with zero attached hydrogens (tertiary/aromatic N) is 1. The number of benzene rings is 2. The van der Waals surface area contributed by atoms with E-state index in [4.69, 9.17) is 14.2 Å². The van der Waals surface area contributed by atoms with Crippen molar-refractivity contribution in [1.29, 1.82) is 0 Å². The summed E-state index contributed by atoms with van der Waals surface area (Å²) in [5.74, 6) is 3.01. The van der Waals surface area contributed by atoms with E-state index >= 15 is 0 Å². The molecule has 140 valence electrons. The van der Waals surface area contributed by atoms with Gasteiger partial charge in [-0.1, -0.05) is 24.3 Å². The van der Waals surface area contributed by atoms with Crippen LogP contribution in [0.3, 0.4) is 0 Å². The third-order valence-electron chi connectivity index (χ3n) is 3.85. The van der Waals surface area contributed by atoms with E-state index in [9.17, 15) is 0 Å². The van der Waals surface area contributed by atoms with Crippen molar-refractivity contribution in [3.8, 4) is 17.2 Å². The van der Waals surface area contributed by atoms with Gasteiger partial charge in [0, 0.05) is 18.7 Å². The first-order valence-electron chi connectivity index (χ1n) is 8.56. The molecule has 0 heterocycles. The van der Waals surface area contributed by atoms with Crippen LogP contribution in [0.5, 0.6) is 17.2 Å². The van der Waals surface area contributed by atoms with Gasteiger partial charge in [0.05, 0.1) is 27.9 Å². The molecule has 0 radical (unpaired) electrons. The number of aliphatic imine (C=N–C) groups is 1. The number of nitrogens with one attached hydrogen (secondary N) is 2. The minimum atomic E-state index is 0.529. The number of guanidine groups is 1. The Labute approximate surface area is 155 Å². The quantitative estimate of drug-likeness (QED) is 0.562. The Balaban J connectivity index is 2.06. The van der Waals surface area contributed by atoms with Crippen LogP contribution in [0.25, 0.3) is 0 Å². The monoisotopic (exact) mass is 357 g/mol. The Morgan fingerprint density at radius 1 is 0.885 bits per heavy atom. The second-order valence-corrected chi connectivity index (χ2v) is 5.55. The van der Waals surface area contributed by atoms with E-state index in [1.165, 1.54) is 0 Å². The number of hydrogen-bond acceptors (Lipinski definition) is 4. The van der Waals surface area contributed by atoms with Crippen molar-refractivity contribution < 1.29 is 14.2 Å². The summed E-state index contributed by atoms with van der Waals surface area (Å²) in [6.07, 6.45) is 0. The highest BCUT2D eigenvalue weighted by molar-refractivity contribution is 5.79. The van der Waals surface area contributed by atoms with Crippen molar-refractivity contribution in [2.24, 2.45) is 4.99 Å². The maximum atomic E-state index is 5.39. The fraction of sp³-hybridized carbons (Fsp3) is 0.350. The van der Waals surface area contributed by atoms with E-state index in [0.29, 0.717) is 24.6 Å². The smallest absolute Gasteiger partial charge is 0.191 e. The SMILES string of the molecule is CCNC(=NCc1ccc(OC)c(OC)c1)NCc1ccccc1OC. The molecule has 0 fully saturated rings. The number of rotatable bonds is 8. The van der Waals surface area contributed by atoms with E-state index in [0.717, 1.165) is 29.4 Å². The van der Waals surface area contributed by atoms with E-state index in [2.05, 4.69) is 15.6 Å². The van der Waals surface area contributed by atoms with Gasteiger partial charge in [0.25, 0.3) is 0 Å². The zero-order valence-electron chi connectivity index (χ0n) is 15.8. The summed E-state index contributed by atoms with van der Waals surface area (Å²) in [7, 11) is 4.93. The molecule has 0 aromatic heterocycles. The first-order valence-corrected chi connectivity index (χ1v) is 8.56. The zero-order chi connectivity index (χ0) is 18.8. The maximum Gasteiger partial charge on any atom is 0.191 e. The first kappa shape index (κ1) is 19.4. The molecular weight excluding hydrogens is 330 g/mol. The molecule has 0 saturated carbocycles. The van der Waals surface area contributed by atoms with E-state index in [1.807, 2.05) is 49.4 Å². The second kappa shape index (κ2) is 10.2. The van der Waals surface area contributed by atoms with Crippen LogP contribution in [0.2, 0.25) is 0 Å². The molecule has 2 aromatic carbocycles. The summed E-state index contributed by atoms with van der Waals surface area (Å²) in [5.41, 5.74) is 2.11. The Morgan fingerprint density at radius 2 is 1.62 bits per heavy atom. The van der Waals surface area contributed by atoms with Gasteiger partial charge in [-0.15, -0.1) is 0 Å². The van der Waals surface area contributed by atoms with Crippen LogP contribution in [0.4, 0.5) is 0 Å². The summed E-state index contributed by atoms with van der Waals surface area (Å²) in [6.45, 7) is 3.98. The third kappa shape index (κ3) is 5.31. The molecule has 2 rings (SSSR count). The van der Waals surface area contributed by atoms with Gasteiger partial charge in [0.15, 0.2) is 17.5 Å². The fourth-order valence-corrected chi connectivity index (χ4v) is 2.52. The summed E-state index contributed by atoms with van der Waals surface area (Å²) in [6, 6.07) is 13.7. The number of hydrogen-bond donors (Lipinski definition) is 2. The van der Waals surface area contributed by atoms with Crippen LogP contribution < -0.4 is 24.8 Å². The van der Waals surface area contributed by atoms with E-state index in [1.54, 1.807) is 21.3 Å². The lowest BCUT2D eigenvalue weighted by atomic mass is 10.2. The minimum Gasteiger partial charge on any atom is -0.496 e. The minimum absolute atomic E-state index is 0.529. The molecule has 0 atom stereocenters.